The Hall–Kier alpha value is -2.10. The summed E-state index contributed by atoms with van der Waals surface area (Å²) in [6.07, 6.45) is 3.31. The van der Waals surface area contributed by atoms with Gasteiger partial charge in [-0.15, -0.1) is 0 Å². The molecule has 0 bridgehead atoms. The number of rotatable bonds is 2. The Balaban J connectivity index is 2.58. The predicted octanol–water partition coefficient (Wildman–Crippen LogP) is 1.73. The van der Waals surface area contributed by atoms with Crippen molar-refractivity contribution in [1.82, 2.24) is 10.2 Å². The van der Waals surface area contributed by atoms with E-state index in [0.29, 0.717) is 11.4 Å². The molecular formula is C11H11N3O. The van der Waals surface area contributed by atoms with Gasteiger partial charge in [-0.25, -0.2) is 0 Å². The van der Waals surface area contributed by atoms with Crippen LogP contribution in [0.25, 0.3) is 11.1 Å². The zero-order chi connectivity index (χ0) is 10.7. The van der Waals surface area contributed by atoms with Gasteiger partial charge in [-0.05, 0) is 12.1 Å². The highest BCUT2D eigenvalue weighted by Gasteiger charge is 2.08. The lowest BCUT2D eigenvalue weighted by atomic mass is 10.1. The number of nitrogens with two attached hydrogens (primary N) is 1. The Kier molecular flexibility index (Phi) is 2.49. The number of benzene rings is 1. The fourth-order valence-corrected chi connectivity index (χ4v) is 1.46. The molecule has 4 nitrogen and oxygen atoms in total. The molecule has 15 heavy (non-hydrogen) atoms. The molecule has 0 fully saturated rings. The van der Waals surface area contributed by atoms with Crippen molar-refractivity contribution in [2.45, 2.75) is 0 Å². The van der Waals surface area contributed by atoms with Crippen LogP contribution < -0.4 is 10.5 Å². The largest absolute Gasteiger partial charge is 0.494 e. The van der Waals surface area contributed by atoms with Crippen LogP contribution in [0, 0.1) is 0 Å². The molecule has 1 aromatic heterocycles. The monoisotopic (exact) mass is 201 g/mol. The van der Waals surface area contributed by atoms with Gasteiger partial charge in [0, 0.05) is 11.1 Å². The van der Waals surface area contributed by atoms with Crippen LogP contribution >= 0.6 is 0 Å². The summed E-state index contributed by atoms with van der Waals surface area (Å²) in [5.74, 6) is 0.672. The van der Waals surface area contributed by atoms with Crippen LogP contribution in [0.1, 0.15) is 0 Å². The average Bonchev–Trinajstić information content (AvgIpc) is 2.30. The van der Waals surface area contributed by atoms with E-state index in [2.05, 4.69) is 10.2 Å². The van der Waals surface area contributed by atoms with Gasteiger partial charge < -0.3 is 10.5 Å². The molecule has 2 N–H and O–H groups in total. The van der Waals surface area contributed by atoms with Gasteiger partial charge in [0.1, 0.15) is 5.75 Å². The van der Waals surface area contributed by atoms with Crippen molar-refractivity contribution in [2.75, 3.05) is 12.8 Å². The second-order valence-corrected chi connectivity index (χ2v) is 3.06. The van der Waals surface area contributed by atoms with Gasteiger partial charge in [-0.1, -0.05) is 12.1 Å². The van der Waals surface area contributed by atoms with E-state index in [4.69, 9.17) is 10.5 Å². The zero-order valence-corrected chi connectivity index (χ0v) is 8.34. The summed E-state index contributed by atoms with van der Waals surface area (Å²) >= 11 is 0. The Morgan fingerprint density at radius 1 is 1.20 bits per heavy atom. The van der Waals surface area contributed by atoms with Gasteiger partial charge in [-0.3, -0.25) is 0 Å². The average molecular weight is 201 g/mol. The quantitative estimate of drug-likeness (QED) is 0.752. The first-order valence-corrected chi connectivity index (χ1v) is 4.52. The van der Waals surface area contributed by atoms with Crippen LogP contribution in [0.2, 0.25) is 0 Å². The molecule has 0 radical (unpaired) electrons. The molecule has 0 spiro atoms. The van der Waals surface area contributed by atoms with E-state index in [9.17, 15) is 0 Å². The second kappa shape index (κ2) is 3.96. The van der Waals surface area contributed by atoms with E-state index in [1.807, 2.05) is 18.2 Å². The SMILES string of the molecule is COc1c(N)cccc1-c1ccnnc1. The molecule has 0 aliphatic carbocycles. The molecule has 1 aromatic carbocycles. The maximum absolute atomic E-state index is 5.81. The Morgan fingerprint density at radius 2 is 2.07 bits per heavy atom. The standard InChI is InChI=1S/C11H11N3O/c1-15-11-9(3-2-4-10(11)12)8-5-6-13-14-7-8/h2-7H,12H2,1H3. The maximum Gasteiger partial charge on any atom is 0.149 e. The lowest BCUT2D eigenvalue weighted by molar-refractivity contribution is 0.418. The summed E-state index contributed by atoms with van der Waals surface area (Å²) in [6, 6.07) is 7.49. The first-order chi connectivity index (χ1) is 7.33. The van der Waals surface area contributed by atoms with E-state index in [1.54, 1.807) is 25.6 Å². The van der Waals surface area contributed by atoms with Crippen LogP contribution in [0.3, 0.4) is 0 Å². The second-order valence-electron chi connectivity index (χ2n) is 3.06. The molecule has 76 valence electrons. The minimum atomic E-state index is 0.617. The summed E-state index contributed by atoms with van der Waals surface area (Å²) in [6.45, 7) is 0. The highest BCUT2D eigenvalue weighted by Crippen LogP contribution is 2.33. The number of hydrogen-bond acceptors (Lipinski definition) is 4. The smallest absolute Gasteiger partial charge is 0.149 e. The molecule has 0 saturated carbocycles. The van der Waals surface area contributed by atoms with Crippen molar-refractivity contribution < 1.29 is 4.74 Å². The van der Waals surface area contributed by atoms with Gasteiger partial charge in [0.2, 0.25) is 0 Å². The number of nitrogens with zero attached hydrogens (tertiary/aromatic N) is 2. The molecular weight excluding hydrogens is 190 g/mol. The normalized spacial score (nSPS) is 9.93. The fraction of sp³-hybridized carbons (Fsp3) is 0.0909. The number of ether oxygens (including phenoxy) is 1. The summed E-state index contributed by atoms with van der Waals surface area (Å²) in [4.78, 5) is 0. The number of nitrogen functional groups attached to an aromatic ring is 1. The number of anilines is 1. The van der Waals surface area contributed by atoms with Gasteiger partial charge in [0.15, 0.2) is 0 Å². The van der Waals surface area contributed by atoms with Crippen molar-refractivity contribution >= 4 is 5.69 Å². The van der Waals surface area contributed by atoms with Crippen LogP contribution in [0.5, 0.6) is 5.75 Å². The molecule has 2 aromatic rings. The van der Waals surface area contributed by atoms with Gasteiger partial charge >= 0.3 is 0 Å². The Bertz CT molecular complexity index is 457. The first-order valence-electron chi connectivity index (χ1n) is 4.52. The summed E-state index contributed by atoms with van der Waals surface area (Å²) < 4.78 is 5.26. The minimum absolute atomic E-state index is 0.617. The molecule has 0 saturated heterocycles. The third kappa shape index (κ3) is 1.74. The molecule has 0 atom stereocenters. The van der Waals surface area contributed by atoms with Crippen LogP contribution in [-0.4, -0.2) is 17.3 Å². The summed E-state index contributed by atoms with van der Waals surface area (Å²) in [5.41, 5.74) is 8.29. The highest BCUT2D eigenvalue weighted by atomic mass is 16.5. The van der Waals surface area contributed by atoms with E-state index >= 15 is 0 Å². The maximum atomic E-state index is 5.81. The first kappa shape index (κ1) is 9.45. The molecule has 0 unspecified atom stereocenters. The molecule has 0 aliphatic heterocycles. The molecule has 2 rings (SSSR count). The molecule has 4 heteroatoms. The van der Waals surface area contributed by atoms with E-state index < -0.39 is 0 Å². The number of hydrogen-bond donors (Lipinski definition) is 1. The lowest BCUT2D eigenvalue weighted by Gasteiger charge is -2.10. The third-order valence-corrected chi connectivity index (χ3v) is 2.14. The van der Waals surface area contributed by atoms with Crippen molar-refractivity contribution in [3.8, 4) is 16.9 Å². The number of para-hydroxylation sites is 1. The number of aromatic nitrogens is 2. The van der Waals surface area contributed by atoms with Gasteiger partial charge in [0.05, 0.1) is 25.2 Å². The van der Waals surface area contributed by atoms with Crippen LogP contribution in [-0.2, 0) is 0 Å². The van der Waals surface area contributed by atoms with Crippen molar-refractivity contribution in [1.29, 1.82) is 0 Å². The topological polar surface area (TPSA) is 61.0 Å². The molecule has 0 amide bonds. The Morgan fingerprint density at radius 3 is 2.73 bits per heavy atom. The highest BCUT2D eigenvalue weighted by molar-refractivity contribution is 5.76. The van der Waals surface area contributed by atoms with Crippen molar-refractivity contribution in [3.63, 3.8) is 0 Å². The van der Waals surface area contributed by atoms with Crippen molar-refractivity contribution in [2.24, 2.45) is 0 Å². The fourth-order valence-electron chi connectivity index (χ4n) is 1.46. The minimum Gasteiger partial charge on any atom is -0.494 e. The third-order valence-electron chi connectivity index (χ3n) is 2.14. The molecule has 0 aliphatic rings. The van der Waals surface area contributed by atoms with E-state index in [0.717, 1.165) is 11.1 Å². The Labute approximate surface area is 87.7 Å². The van der Waals surface area contributed by atoms with Crippen molar-refractivity contribution in [3.05, 3.63) is 36.7 Å². The van der Waals surface area contributed by atoms with Gasteiger partial charge in [-0.2, -0.15) is 10.2 Å². The number of methoxy groups -OCH3 is 1. The summed E-state index contributed by atoms with van der Waals surface area (Å²) in [7, 11) is 1.60. The van der Waals surface area contributed by atoms with Crippen LogP contribution in [0.15, 0.2) is 36.7 Å². The summed E-state index contributed by atoms with van der Waals surface area (Å²) in [5, 5.41) is 7.55. The zero-order valence-electron chi connectivity index (χ0n) is 8.34. The molecule has 1 heterocycles. The van der Waals surface area contributed by atoms with E-state index in [-0.39, 0.29) is 0 Å². The lowest BCUT2D eigenvalue weighted by Crippen LogP contribution is -1.95. The van der Waals surface area contributed by atoms with E-state index in [1.165, 1.54) is 0 Å². The predicted molar refractivity (Wildman–Crippen MR) is 58.4 cm³/mol. The van der Waals surface area contributed by atoms with Gasteiger partial charge in [0.25, 0.3) is 0 Å². The van der Waals surface area contributed by atoms with Crippen LogP contribution in [0.4, 0.5) is 5.69 Å².